The predicted octanol–water partition coefficient (Wildman–Crippen LogP) is 1.23. The number of rotatable bonds is 3. The van der Waals surface area contributed by atoms with Crippen molar-refractivity contribution in [1.29, 1.82) is 0 Å². The molecule has 2 aromatic rings. The van der Waals surface area contributed by atoms with Crippen LogP contribution in [0.25, 0.3) is 0 Å². The van der Waals surface area contributed by atoms with E-state index >= 15 is 0 Å². The molecule has 0 aliphatic heterocycles. The molecule has 0 unspecified atom stereocenters. The van der Waals surface area contributed by atoms with E-state index in [1.165, 1.54) is 4.57 Å². The van der Waals surface area contributed by atoms with Crippen LogP contribution in [0.5, 0.6) is 0 Å². The largest absolute Gasteiger partial charge is 0.328 e. The van der Waals surface area contributed by atoms with Gasteiger partial charge >= 0.3 is 5.69 Å². The van der Waals surface area contributed by atoms with Gasteiger partial charge in [0.2, 0.25) is 0 Å². The van der Waals surface area contributed by atoms with Crippen molar-refractivity contribution < 1.29 is 0 Å². The lowest BCUT2D eigenvalue weighted by molar-refractivity contribution is 0.723. The second kappa shape index (κ2) is 5.04. The van der Waals surface area contributed by atoms with Gasteiger partial charge in [-0.15, -0.1) is 0 Å². The summed E-state index contributed by atoms with van der Waals surface area (Å²) in [6.07, 6.45) is 1.21. The molecule has 1 aromatic carbocycles. The molecule has 0 amide bonds. The molecular formula is C14H16N2O2. The maximum atomic E-state index is 11.8. The van der Waals surface area contributed by atoms with Crippen molar-refractivity contribution >= 4 is 0 Å². The maximum absolute atomic E-state index is 11.8. The van der Waals surface area contributed by atoms with E-state index in [1.807, 2.05) is 37.3 Å². The molecule has 0 radical (unpaired) electrons. The number of nitrogens with one attached hydrogen (secondary N) is 1. The molecule has 0 saturated heterocycles. The minimum atomic E-state index is -0.358. The molecule has 1 heterocycles. The van der Waals surface area contributed by atoms with E-state index in [1.54, 1.807) is 7.05 Å². The van der Waals surface area contributed by atoms with Gasteiger partial charge in [-0.25, -0.2) is 4.79 Å². The molecule has 94 valence electrons. The van der Waals surface area contributed by atoms with E-state index < -0.39 is 0 Å². The summed E-state index contributed by atoms with van der Waals surface area (Å²) >= 11 is 0. The Morgan fingerprint density at radius 2 is 1.83 bits per heavy atom. The first-order chi connectivity index (χ1) is 8.63. The van der Waals surface area contributed by atoms with Gasteiger partial charge in [-0.2, -0.15) is 0 Å². The summed E-state index contributed by atoms with van der Waals surface area (Å²) < 4.78 is 1.52. The summed E-state index contributed by atoms with van der Waals surface area (Å²) in [5.41, 5.74) is 1.93. The van der Waals surface area contributed by atoms with Gasteiger partial charge in [0, 0.05) is 24.7 Å². The fraction of sp³-hybridized carbons (Fsp3) is 0.286. The van der Waals surface area contributed by atoms with Gasteiger partial charge < -0.3 is 4.57 Å². The van der Waals surface area contributed by atoms with Gasteiger partial charge in [-0.05, 0) is 12.0 Å². The number of H-pyrrole nitrogens is 1. The van der Waals surface area contributed by atoms with Gasteiger partial charge in [0.05, 0.1) is 0 Å². The average Bonchev–Trinajstić information content (AvgIpc) is 2.37. The summed E-state index contributed by atoms with van der Waals surface area (Å²) in [4.78, 5) is 25.7. The predicted molar refractivity (Wildman–Crippen MR) is 70.9 cm³/mol. The van der Waals surface area contributed by atoms with Crippen LogP contribution in [0, 0.1) is 0 Å². The van der Waals surface area contributed by atoms with Gasteiger partial charge in [0.1, 0.15) is 0 Å². The highest BCUT2D eigenvalue weighted by Gasteiger charge is 2.11. The molecule has 0 bridgehead atoms. The SMILES string of the molecule is CCc1c(Cc2ccccc2)n(C)c(=O)[nH]c1=O. The van der Waals surface area contributed by atoms with E-state index in [4.69, 9.17) is 0 Å². The van der Waals surface area contributed by atoms with Crippen molar-refractivity contribution in [3.63, 3.8) is 0 Å². The van der Waals surface area contributed by atoms with Crippen molar-refractivity contribution in [3.05, 3.63) is 68.0 Å². The first kappa shape index (κ1) is 12.4. The fourth-order valence-corrected chi connectivity index (χ4v) is 2.09. The number of hydrogen-bond acceptors (Lipinski definition) is 2. The first-order valence-corrected chi connectivity index (χ1v) is 5.98. The monoisotopic (exact) mass is 244 g/mol. The third kappa shape index (κ3) is 2.27. The zero-order valence-electron chi connectivity index (χ0n) is 10.6. The Labute approximate surface area is 105 Å². The van der Waals surface area contributed by atoms with Crippen molar-refractivity contribution in [2.24, 2.45) is 7.05 Å². The summed E-state index contributed by atoms with van der Waals surface area (Å²) in [5, 5.41) is 0. The van der Waals surface area contributed by atoms with Crippen LogP contribution in [0.2, 0.25) is 0 Å². The molecule has 0 saturated carbocycles. The van der Waals surface area contributed by atoms with Gasteiger partial charge in [0.25, 0.3) is 5.56 Å². The molecule has 2 rings (SSSR count). The molecule has 0 spiro atoms. The van der Waals surface area contributed by atoms with Crippen LogP contribution in [-0.2, 0) is 19.9 Å². The fourth-order valence-electron chi connectivity index (χ4n) is 2.09. The van der Waals surface area contributed by atoms with Crippen molar-refractivity contribution in [2.75, 3.05) is 0 Å². The Kier molecular flexibility index (Phi) is 3.46. The maximum Gasteiger partial charge on any atom is 0.328 e. The molecule has 0 atom stereocenters. The Balaban J connectivity index is 2.56. The normalized spacial score (nSPS) is 10.6. The van der Waals surface area contributed by atoms with E-state index in [0.29, 0.717) is 18.4 Å². The molecule has 4 nitrogen and oxygen atoms in total. The van der Waals surface area contributed by atoms with E-state index in [-0.39, 0.29) is 11.2 Å². The number of nitrogens with zero attached hydrogens (tertiary/aromatic N) is 1. The lowest BCUT2D eigenvalue weighted by Gasteiger charge is -2.11. The Morgan fingerprint density at radius 1 is 1.17 bits per heavy atom. The van der Waals surface area contributed by atoms with Crippen LogP contribution in [0.15, 0.2) is 39.9 Å². The smallest absolute Gasteiger partial charge is 0.300 e. The van der Waals surface area contributed by atoms with Gasteiger partial charge in [-0.1, -0.05) is 37.3 Å². The minimum Gasteiger partial charge on any atom is -0.300 e. The highest BCUT2D eigenvalue weighted by molar-refractivity contribution is 5.26. The Morgan fingerprint density at radius 3 is 2.44 bits per heavy atom. The van der Waals surface area contributed by atoms with Crippen LogP contribution in [0.3, 0.4) is 0 Å². The molecular weight excluding hydrogens is 228 g/mol. The molecule has 0 aliphatic rings. The zero-order valence-corrected chi connectivity index (χ0v) is 10.6. The van der Waals surface area contributed by atoms with E-state index in [0.717, 1.165) is 11.3 Å². The number of aromatic nitrogens is 2. The van der Waals surface area contributed by atoms with Crippen molar-refractivity contribution in [3.8, 4) is 0 Å². The van der Waals surface area contributed by atoms with Crippen molar-refractivity contribution in [2.45, 2.75) is 19.8 Å². The Hall–Kier alpha value is -2.10. The molecule has 4 heteroatoms. The zero-order chi connectivity index (χ0) is 13.1. The number of hydrogen-bond donors (Lipinski definition) is 1. The summed E-state index contributed by atoms with van der Waals surface area (Å²) in [7, 11) is 1.69. The highest BCUT2D eigenvalue weighted by Crippen LogP contribution is 2.10. The van der Waals surface area contributed by atoms with Gasteiger partial charge in [-0.3, -0.25) is 9.78 Å². The molecule has 18 heavy (non-hydrogen) atoms. The van der Waals surface area contributed by atoms with Crippen LogP contribution in [-0.4, -0.2) is 9.55 Å². The third-order valence-electron chi connectivity index (χ3n) is 3.12. The molecule has 1 aromatic heterocycles. The second-order valence-corrected chi connectivity index (χ2v) is 4.26. The van der Waals surface area contributed by atoms with Crippen LogP contribution in [0.1, 0.15) is 23.7 Å². The summed E-state index contributed by atoms with van der Waals surface area (Å²) in [6.45, 7) is 1.92. The molecule has 0 aliphatic carbocycles. The van der Waals surface area contributed by atoms with Crippen LogP contribution >= 0.6 is 0 Å². The third-order valence-corrected chi connectivity index (χ3v) is 3.12. The lowest BCUT2D eigenvalue weighted by Crippen LogP contribution is -2.33. The quantitative estimate of drug-likeness (QED) is 0.882. The van der Waals surface area contributed by atoms with Crippen LogP contribution in [0.4, 0.5) is 0 Å². The highest BCUT2D eigenvalue weighted by atomic mass is 16.2. The van der Waals surface area contributed by atoms with E-state index in [2.05, 4.69) is 4.98 Å². The lowest BCUT2D eigenvalue weighted by atomic mass is 10.0. The number of aromatic amines is 1. The molecule has 1 N–H and O–H groups in total. The standard InChI is InChI=1S/C14H16N2O2/c1-3-11-12(9-10-7-5-4-6-8-10)16(2)14(18)15-13(11)17/h4-8H,3,9H2,1-2H3,(H,15,17,18). The Bertz CT molecular complexity index is 654. The summed E-state index contributed by atoms with van der Waals surface area (Å²) in [6, 6.07) is 9.83. The average molecular weight is 244 g/mol. The minimum absolute atomic E-state index is 0.272. The first-order valence-electron chi connectivity index (χ1n) is 5.98. The van der Waals surface area contributed by atoms with Gasteiger partial charge in [0.15, 0.2) is 0 Å². The van der Waals surface area contributed by atoms with Crippen molar-refractivity contribution in [1.82, 2.24) is 9.55 Å². The molecule has 0 fully saturated rings. The van der Waals surface area contributed by atoms with Crippen LogP contribution < -0.4 is 11.2 Å². The summed E-state index contributed by atoms with van der Waals surface area (Å²) in [5.74, 6) is 0. The second-order valence-electron chi connectivity index (χ2n) is 4.26. The topological polar surface area (TPSA) is 54.9 Å². The number of benzene rings is 1. The van der Waals surface area contributed by atoms with E-state index in [9.17, 15) is 9.59 Å².